The summed E-state index contributed by atoms with van der Waals surface area (Å²) in [6.07, 6.45) is 0.330. The van der Waals surface area contributed by atoms with E-state index in [0.29, 0.717) is 6.42 Å². The fraction of sp³-hybridized carbons (Fsp3) is 0.462. The normalized spacial score (nSPS) is 12.8. The van der Waals surface area contributed by atoms with Crippen molar-refractivity contribution in [3.05, 3.63) is 65.5 Å². The Bertz CT molecular complexity index is 1160. The van der Waals surface area contributed by atoms with Gasteiger partial charge in [-0.1, -0.05) is 31.2 Å². The Morgan fingerprint density at radius 1 is 1.03 bits per heavy atom. The molecule has 0 aliphatic rings. The number of benzene rings is 2. The van der Waals surface area contributed by atoms with Crippen LogP contribution in [-0.4, -0.2) is 61.7 Å². The average molecular weight is 521 g/mol. The Kier molecular flexibility index (Phi) is 9.62. The maximum Gasteiger partial charge on any atom is 0.304 e. The Morgan fingerprint density at radius 2 is 1.61 bits per heavy atom. The molecule has 2 amide bonds. The molecule has 0 radical (unpaired) electrons. The number of carbonyl (C=O) groups excluding carboxylic acids is 2. The molecular formula is C26H37FN4O4S. The molecule has 8 nitrogen and oxygen atoms in total. The number of hydrogen-bond acceptors (Lipinski definition) is 4. The molecule has 1 atom stereocenters. The predicted molar refractivity (Wildman–Crippen MR) is 140 cm³/mol. The topological polar surface area (TPSA) is 90.0 Å². The summed E-state index contributed by atoms with van der Waals surface area (Å²) >= 11 is 0. The van der Waals surface area contributed by atoms with Crippen LogP contribution in [0.1, 0.15) is 45.2 Å². The van der Waals surface area contributed by atoms with Gasteiger partial charge in [-0.05, 0) is 69.5 Å². The minimum atomic E-state index is -4.10. The molecule has 0 saturated carbocycles. The van der Waals surface area contributed by atoms with Gasteiger partial charge >= 0.3 is 10.2 Å². The van der Waals surface area contributed by atoms with Gasteiger partial charge in [-0.2, -0.15) is 12.7 Å². The van der Waals surface area contributed by atoms with Crippen LogP contribution >= 0.6 is 0 Å². The molecular weight excluding hydrogens is 483 g/mol. The van der Waals surface area contributed by atoms with Gasteiger partial charge in [0.05, 0.1) is 5.69 Å². The van der Waals surface area contributed by atoms with Crippen molar-refractivity contribution in [1.29, 1.82) is 0 Å². The zero-order valence-electron chi connectivity index (χ0n) is 22.1. The molecule has 10 heteroatoms. The highest BCUT2D eigenvalue weighted by Crippen LogP contribution is 2.22. The first-order valence-corrected chi connectivity index (χ1v) is 13.2. The summed E-state index contributed by atoms with van der Waals surface area (Å²) in [7, 11) is -1.39. The zero-order valence-corrected chi connectivity index (χ0v) is 22.9. The number of anilines is 1. The van der Waals surface area contributed by atoms with Crippen LogP contribution in [0.25, 0.3) is 0 Å². The summed E-state index contributed by atoms with van der Waals surface area (Å²) in [5.41, 5.74) is 1.41. The van der Waals surface area contributed by atoms with Crippen LogP contribution in [0, 0.1) is 12.7 Å². The minimum Gasteiger partial charge on any atom is -0.350 e. The van der Waals surface area contributed by atoms with Gasteiger partial charge in [0.25, 0.3) is 0 Å². The summed E-state index contributed by atoms with van der Waals surface area (Å²) in [5.74, 6) is -1.40. The highest BCUT2D eigenvalue weighted by atomic mass is 32.2. The van der Waals surface area contributed by atoms with E-state index in [-0.39, 0.29) is 18.1 Å². The van der Waals surface area contributed by atoms with Crippen molar-refractivity contribution in [3.63, 3.8) is 0 Å². The average Bonchev–Trinajstić information content (AvgIpc) is 2.77. The zero-order chi connectivity index (χ0) is 27.3. The molecule has 0 spiro atoms. The van der Waals surface area contributed by atoms with E-state index in [1.165, 1.54) is 31.1 Å². The Balaban J connectivity index is 2.53. The lowest BCUT2D eigenvalue weighted by molar-refractivity contribution is -0.141. The van der Waals surface area contributed by atoms with Gasteiger partial charge < -0.3 is 10.2 Å². The van der Waals surface area contributed by atoms with Crippen LogP contribution in [0.2, 0.25) is 0 Å². The van der Waals surface area contributed by atoms with Gasteiger partial charge in [0.1, 0.15) is 18.4 Å². The molecule has 0 aromatic heterocycles. The largest absolute Gasteiger partial charge is 0.350 e. The smallest absolute Gasteiger partial charge is 0.304 e. The fourth-order valence-corrected chi connectivity index (χ4v) is 4.72. The third-order valence-electron chi connectivity index (χ3n) is 5.62. The molecule has 1 N–H and O–H groups in total. The number of amides is 2. The van der Waals surface area contributed by atoms with Crippen LogP contribution in [0.5, 0.6) is 0 Å². The summed E-state index contributed by atoms with van der Waals surface area (Å²) in [6.45, 7) is 8.84. The van der Waals surface area contributed by atoms with Crippen molar-refractivity contribution in [3.8, 4) is 0 Å². The first-order chi connectivity index (χ1) is 16.7. The third-order valence-corrected chi connectivity index (χ3v) is 7.44. The van der Waals surface area contributed by atoms with Crippen molar-refractivity contribution in [2.24, 2.45) is 0 Å². The lowest BCUT2D eigenvalue weighted by atomic mass is 10.0. The number of carbonyl (C=O) groups is 2. The standard InChI is InChI=1S/C26H37FN4O4S/c1-8-23(25(33)28-26(3,4)5)30(17-20-12-10-9-11-19(20)2)24(32)18-31(36(34,35)29(6)7)22-15-13-21(27)14-16-22/h9-16,23H,8,17-18H2,1-7H3,(H,28,33)/t23-/m0/s1. The lowest BCUT2D eigenvalue weighted by Gasteiger charge is -2.35. The summed E-state index contributed by atoms with van der Waals surface area (Å²) in [4.78, 5) is 28.4. The first kappa shape index (κ1) is 29.3. The summed E-state index contributed by atoms with van der Waals surface area (Å²) < 4.78 is 41.8. The number of rotatable bonds is 10. The van der Waals surface area contributed by atoms with Gasteiger partial charge in [-0.3, -0.25) is 9.59 Å². The monoisotopic (exact) mass is 520 g/mol. The quantitative estimate of drug-likeness (QED) is 0.520. The van der Waals surface area contributed by atoms with E-state index in [4.69, 9.17) is 0 Å². The molecule has 0 saturated heterocycles. The summed E-state index contributed by atoms with van der Waals surface area (Å²) in [5, 5.41) is 2.93. The molecule has 2 aromatic rings. The highest BCUT2D eigenvalue weighted by Gasteiger charge is 2.34. The molecule has 2 rings (SSSR count). The SMILES string of the molecule is CC[C@@H](C(=O)NC(C)(C)C)N(Cc1ccccc1C)C(=O)CN(c1ccc(F)cc1)S(=O)(=O)N(C)C. The van der Waals surface area contributed by atoms with Gasteiger partial charge in [0, 0.05) is 26.2 Å². The number of halogens is 1. The third kappa shape index (κ3) is 7.51. The molecule has 36 heavy (non-hydrogen) atoms. The second-order valence-corrected chi connectivity index (χ2v) is 12.0. The van der Waals surface area contributed by atoms with Crippen molar-refractivity contribution in [2.75, 3.05) is 24.9 Å². The molecule has 0 fully saturated rings. The Labute approximate surface area is 214 Å². The van der Waals surface area contributed by atoms with E-state index < -0.39 is 40.1 Å². The van der Waals surface area contributed by atoms with Crippen LogP contribution in [0.4, 0.5) is 10.1 Å². The molecule has 0 aliphatic carbocycles. The van der Waals surface area contributed by atoms with Crippen LogP contribution in [0.15, 0.2) is 48.5 Å². The maximum atomic E-state index is 13.8. The summed E-state index contributed by atoms with van der Waals surface area (Å²) in [6, 6.07) is 11.6. The van der Waals surface area contributed by atoms with E-state index in [1.807, 2.05) is 52.0 Å². The van der Waals surface area contributed by atoms with Gasteiger partial charge in [-0.25, -0.2) is 8.70 Å². The van der Waals surface area contributed by atoms with Crippen LogP contribution in [0.3, 0.4) is 0 Å². The number of nitrogens with one attached hydrogen (secondary N) is 1. The second kappa shape index (κ2) is 11.8. The first-order valence-electron chi connectivity index (χ1n) is 11.8. The Morgan fingerprint density at radius 3 is 2.11 bits per heavy atom. The van der Waals surface area contributed by atoms with E-state index in [0.717, 1.165) is 31.9 Å². The van der Waals surface area contributed by atoms with E-state index >= 15 is 0 Å². The van der Waals surface area contributed by atoms with Crippen LogP contribution < -0.4 is 9.62 Å². The highest BCUT2D eigenvalue weighted by molar-refractivity contribution is 7.90. The Hall–Kier alpha value is -2.98. The van der Waals surface area contributed by atoms with Crippen molar-refractivity contribution in [2.45, 2.75) is 59.2 Å². The number of hydrogen-bond donors (Lipinski definition) is 1. The maximum absolute atomic E-state index is 13.8. The number of aryl methyl sites for hydroxylation is 1. The minimum absolute atomic E-state index is 0.126. The van der Waals surface area contributed by atoms with Crippen molar-refractivity contribution >= 4 is 27.7 Å². The van der Waals surface area contributed by atoms with Crippen molar-refractivity contribution < 1.29 is 22.4 Å². The van der Waals surface area contributed by atoms with E-state index in [1.54, 1.807) is 6.92 Å². The molecule has 0 unspecified atom stereocenters. The van der Waals surface area contributed by atoms with Gasteiger partial charge in [-0.15, -0.1) is 0 Å². The molecule has 0 bridgehead atoms. The van der Waals surface area contributed by atoms with Gasteiger partial charge in [0.15, 0.2) is 0 Å². The predicted octanol–water partition coefficient (Wildman–Crippen LogP) is 3.47. The number of nitrogens with zero attached hydrogens (tertiary/aromatic N) is 3. The molecule has 2 aromatic carbocycles. The van der Waals surface area contributed by atoms with E-state index in [9.17, 15) is 22.4 Å². The molecule has 0 aliphatic heterocycles. The van der Waals surface area contributed by atoms with Crippen LogP contribution in [-0.2, 0) is 26.3 Å². The van der Waals surface area contributed by atoms with Gasteiger partial charge in [0.2, 0.25) is 11.8 Å². The lowest BCUT2D eigenvalue weighted by Crippen LogP contribution is -2.55. The fourth-order valence-electron chi connectivity index (χ4n) is 3.67. The molecule has 198 valence electrons. The van der Waals surface area contributed by atoms with Crippen molar-refractivity contribution in [1.82, 2.24) is 14.5 Å². The van der Waals surface area contributed by atoms with E-state index in [2.05, 4.69) is 5.32 Å². The second-order valence-electron chi connectivity index (χ2n) is 9.88. The molecule has 0 heterocycles.